The van der Waals surface area contributed by atoms with Crippen molar-refractivity contribution in [1.29, 1.82) is 0 Å². The van der Waals surface area contributed by atoms with Crippen LogP contribution in [0.25, 0.3) is 22.3 Å². The van der Waals surface area contributed by atoms with Crippen LogP contribution < -0.4 is 5.32 Å². The van der Waals surface area contributed by atoms with Gasteiger partial charge in [0, 0.05) is 39.4 Å². The van der Waals surface area contributed by atoms with Crippen LogP contribution in [0.2, 0.25) is 0 Å². The molecule has 0 spiro atoms. The van der Waals surface area contributed by atoms with Crippen molar-refractivity contribution in [3.63, 3.8) is 0 Å². The molecule has 6 nitrogen and oxygen atoms in total. The van der Waals surface area contributed by atoms with Crippen LogP contribution in [-0.2, 0) is 12.6 Å². The van der Waals surface area contributed by atoms with Crippen LogP contribution in [0.15, 0.2) is 47.1 Å². The number of nitrogens with zero attached hydrogens (tertiary/aromatic N) is 3. The molecule has 10 heteroatoms. The van der Waals surface area contributed by atoms with E-state index in [4.69, 9.17) is 0 Å². The van der Waals surface area contributed by atoms with E-state index in [1.54, 1.807) is 0 Å². The Hall–Kier alpha value is -2.88. The van der Waals surface area contributed by atoms with Gasteiger partial charge in [0.2, 0.25) is 5.82 Å². The first kappa shape index (κ1) is 18.5. The minimum absolute atomic E-state index is 0.102. The molecule has 2 aromatic carbocycles. The van der Waals surface area contributed by atoms with E-state index in [0.29, 0.717) is 18.7 Å². The zero-order chi connectivity index (χ0) is 19.7. The third-order valence-corrected chi connectivity index (χ3v) is 4.87. The van der Waals surface area contributed by atoms with E-state index in [1.165, 1.54) is 6.07 Å². The van der Waals surface area contributed by atoms with E-state index in [1.807, 2.05) is 24.4 Å². The Morgan fingerprint density at radius 1 is 1.11 bits per heavy atom. The van der Waals surface area contributed by atoms with E-state index < -0.39 is 11.7 Å². The van der Waals surface area contributed by atoms with Crippen LogP contribution in [0.4, 0.5) is 18.9 Å². The number of aromatic amines is 2. The minimum atomic E-state index is -4.45. The number of fused-ring (bicyclic) bond motifs is 1. The third-order valence-electron chi connectivity index (χ3n) is 4.37. The van der Waals surface area contributed by atoms with Crippen molar-refractivity contribution in [1.82, 2.24) is 25.6 Å². The van der Waals surface area contributed by atoms with Gasteiger partial charge in [-0.15, -0.1) is 10.2 Å². The lowest BCUT2D eigenvalue weighted by Gasteiger charge is -2.13. The maximum Gasteiger partial charge on any atom is 0.416 e. The zero-order valence-corrected chi connectivity index (χ0v) is 15.9. The second-order valence-electron chi connectivity index (χ2n) is 6.17. The molecule has 28 heavy (non-hydrogen) atoms. The maximum absolute atomic E-state index is 13.1. The number of anilines is 1. The van der Waals surface area contributed by atoms with Gasteiger partial charge in [-0.3, -0.25) is 0 Å². The van der Waals surface area contributed by atoms with Crippen molar-refractivity contribution < 1.29 is 13.2 Å². The summed E-state index contributed by atoms with van der Waals surface area (Å²) in [5.41, 5.74) is 2.12. The normalized spacial score (nSPS) is 11.9. The average molecular weight is 451 g/mol. The van der Waals surface area contributed by atoms with Gasteiger partial charge in [-0.25, -0.2) is 0 Å². The number of halogens is 4. The SMILES string of the molecule is FC(F)(F)c1ccc(NCCc2c[nH]c3cc(Br)ccc23)c(-c2nn[nH]n2)c1. The third kappa shape index (κ3) is 3.72. The molecule has 0 fully saturated rings. The molecule has 0 aliphatic carbocycles. The predicted octanol–water partition coefficient (Wildman–Crippen LogP) is 4.78. The fourth-order valence-corrected chi connectivity index (χ4v) is 3.39. The molecule has 0 bridgehead atoms. The molecule has 3 N–H and O–H groups in total. The quantitative estimate of drug-likeness (QED) is 0.408. The molecule has 144 valence electrons. The highest BCUT2D eigenvalue weighted by molar-refractivity contribution is 9.10. The molecule has 0 aliphatic heterocycles. The molecule has 0 atom stereocenters. The number of benzene rings is 2. The summed E-state index contributed by atoms with van der Waals surface area (Å²) in [5, 5.41) is 17.6. The van der Waals surface area contributed by atoms with Crippen LogP contribution in [0, 0.1) is 0 Å². The van der Waals surface area contributed by atoms with Crippen molar-refractivity contribution in [3.8, 4) is 11.4 Å². The van der Waals surface area contributed by atoms with Gasteiger partial charge in [0.15, 0.2) is 0 Å². The van der Waals surface area contributed by atoms with Crippen molar-refractivity contribution in [2.24, 2.45) is 0 Å². The van der Waals surface area contributed by atoms with Gasteiger partial charge in [-0.2, -0.15) is 18.4 Å². The summed E-state index contributed by atoms with van der Waals surface area (Å²) in [6.07, 6.45) is -1.82. The highest BCUT2D eigenvalue weighted by atomic mass is 79.9. The monoisotopic (exact) mass is 450 g/mol. The lowest BCUT2D eigenvalue weighted by Crippen LogP contribution is -2.09. The second kappa shape index (κ2) is 7.27. The van der Waals surface area contributed by atoms with Crippen molar-refractivity contribution in [3.05, 3.63) is 58.2 Å². The number of H-pyrrole nitrogens is 2. The van der Waals surface area contributed by atoms with E-state index >= 15 is 0 Å². The molecule has 2 heterocycles. The molecule has 4 aromatic rings. The summed E-state index contributed by atoms with van der Waals surface area (Å²) in [6.45, 7) is 0.527. The number of rotatable bonds is 5. The molecule has 0 saturated carbocycles. The summed E-state index contributed by atoms with van der Waals surface area (Å²) in [5.74, 6) is 0.102. The van der Waals surface area contributed by atoms with Crippen LogP contribution >= 0.6 is 15.9 Å². The Balaban J connectivity index is 1.55. The Morgan fingerprint density at radius 2 is 1.96 bits per heavy atom. The minimum Gasteiger partial charge on any atom is -0.384 e. The lowest BCUT2D eigenvalue weighted by molar-refractivity contribution is -0.137. The molecule has 4 rings (SSSR count). The molecule has 0 radical (unpaired) electrons. The van der Waals surface area contributed by atoms with Gasteiger partial charge in [0.25, 0.3) is 0 Å². The topological polar surface area (TPSA) is 82.3 Å². The molecule has 0 saturated heterocycles. The fraction of sp³-hybridized carbons (Fsp3) is 0.167. The van der Waals surface area contributed by atoms with Crippen molar-refractivity contribution >= 4 is 32.5 Å². The van der Waals surface area contributed by atoms with E-state index in [2.05, 4.69) is 46.9 Å². The highest BCUT2D eigenvalue weighted by Crippen LogP contribution is 2.35. The van der Waals surface area contributed by atoms with Crippen LogP contribution in [0.3, 0.4) is 0 Å². The van der Waals surface area contributed by atoms with Gasteiger partial charge in [-0.1, -0.05) is 22.0 Å². The van der Waals surface area contributed by atoms with Crippen LogP contribution in [0.5, 0.6) is 0 Å². The highest BCUT2D eigenvalue weighted by Gasteiger charge is 2.31. The molecule has 0 amide bonds. The number of nitrogens with one attached hydrogen (secondary N) is 3. The lowest BCUT2D eigenvalue weighted by atomic mass is 10.1. The van der Waals surface area contributed by atoms with E-state index in [0.717, 1.165) is 33.1 Å². The summed E-state index contributed by atoms with van der Waals surface area (Å²) in [7, 11) is 0. The van der Waals surface area contributed by atoms with Gasteiger partial charge in [0.05, 0.1) is 5.56 Å². The zero-order valence-electron chi connectivity index (χ0n) is 14.3. The summed E-state index contributed by atoms with van der Waals surface area (Å²) in [6, 6.07) is 9.44. The first-order valence-electron chi connectivity index (χ1n) is 8.36. The number of hydrogen-bond donors (Lipinski definition) is 3. The number of aromatic nitrogens is 5. The van der Waals surface area contributed by atoms with E-state index in [-0.39, 0.29) is 11.4 Å². The largest absolute Gasteiger partial charge is 0.416 e. The Morgan fingerprint density at radius 3 is 2.71 bits per heavy atom. The summed E-state index contributed by atoms with van der Waals surface area (Å²) in [4.78, 5) is 3.22. The number of tetrazole rings is 1. The molecular weight excluding hydrogens is 437 g/mol. The van der Waals surface area contributed by atoms with Crippen LogP contribution in [0.1, 0.15) is 11.1 Å². The smallest absolute Gasteiger partial charge is 0.384 e. The van der Waals surface area contributed by atoms with Crippen LogP contribution in [-0.4, -0.2) is 32.2 Å². The molecular formula is C18H14BrF3N6. The summed E-state index contributed by atoms with van der Waals surface area (Å²) >= 11 is 3.44. The predicted molar refractivity (Wildman–Crippen MR) is 103 cm³/mol. The number of hydrogen-bond acceptors (Lipinski definition) is 4. The Bertz CT molecular complexity index is 1100. The standard InChI is InChI=1S/C18H14BrF3N6/c19-12-2-3-13-10(9-24-16(13)8-12)5-6-23-15-4-1-11(18(20,21)22)7-14(15)17-25-27-28-26-17/h1-4,7-9,23-24H,5-6H2,(H,25,26,27,28). The second-order valence-corrected chi connectivity index (χ2v) is 7.09. The van der Waals surface area contributed by atoms with Gasteiger partial charge < -0.3 is 10.3 Å². The van der Waals surface area contributed by atoms with Gasteiger partial charge in [0.1, 0.15) is 0 Å². The van der Waals surface area contributed by atoms with Crippen molar-refractivity contribution in [2.75, 3.05) is 11.9 Å². The fourth-order valence-electron chi connectivity index (χ4n) is 3.03. The summed E-state index contributed by atoms with van der Waals surface area (Å²) < 4.78 is 40.2. The first-order valence-corrected chi connectivity index (χ1v) is 9.15. The van der Waals surface area contributed by atoms with E-state index in [9.17, 15) is 13.2 Å². The molecule has 0 aliphatic rings. The van der Waals surface area contributed by atoms with Crippen molar-refractivity contribution in [2.45, 2.75) is 12.6 Å². The maximum atomic E-state index is 13.1. The molecule has 0 unspecified atom stereocenters. The van der Waals surface area contributed by atoms with Gasteiger partial charge >= 0.3 is 6.18 Å². The molecule has 2 aromatic heterocycles. The first-order chi connectivity index (χ1) is 13.4. The average Bonchev–Trinajstić information content (AvgIpc) is 3.31. The number of alkyl halides is 3. The Labute approximate surface area is 165 Å². The Kier molecular flexibility index (Phi) is 4.80. The van der Waals surface area contributed by atoms with Gasteiger partial charge in [-0.05, 0) is 47.5 Å².